The number of fused-ring (bicyclic) bond motifs is 1. The van der Waals surface area contributed by atoms with Gasteiger partial charge in [-0.25, -0.2) is 4.98 Å². The van der Waals surface area contributed by atoms with Crippen LogP contribution < -0.4 is 10.3 Å². The average molecular weight is 314 g/mol. The minimum Gasteiger partial charge on any atom is -0.358 e. The van der Waals surface area contributed by atoms with E-state index in [0.717, 1.165) is 5.82 Å². The van der Waals surface area contributed by atoms with Gasteiger partial charge in [-0.2, -0.15) is 0 Å². The predicted molar refractivity (Wildman–Crippen MR) is 97.9 cm³/mol. The van der Waals surface area contributed by atoms with Gasteiger partial charge in [0.25, 0.3) is 5.82 Å². The van der Waals surface area contributed by atoms with E-state index in [1.807, 2.05) is 18.3 Å². The van der Waals surface area contributed by atoms with Gasteiger partial charge in [0.05, 0.1) is 6.20 Å². The van der Waals surface area contributed by atoms with Crippen LogP contribution in [0.25, 0.3) is 10.9 Å². The molecule has 24 heavy (non-hydrogen) atoms. The number of anilines is 1. The van der Waals surface area contributed by atoms with Crippen molar-refractivity contribution in [2.24, 2.45) is 0 Å². The molecule has 0 bridgehead atoms. The lowest BCUT2D eigenvalue weighted by Crippen LogP contribution is -2.19. The van der Waals surface area contributed by atoms with E-state index >= 15 is 0 Å². The van der Waals surface area contributed by atoms with Crippen LogP contribution in [-0.2, 0) is 0 Å². The molecule has 3 N–H and O–H groups in total. The quantitative estimate of drug-likeness (QED) is 0.572. The Labute approximate surface area is 141 Å². The van der Waals surface area contributed by atoms with Crippen molar-refractivity contribution in [3.05, 3.63) is 95.8 Å². The van der Waals surface area contributed by atoms with Gasteiger partial charge in [-0.3, -0.25) is 5.32 Å². The number of aromatic nitrogens is 2. The fourth-order valence-electron chi connectivity index (χ4n) is 3.28. The molecule has 3 heteroatoms. The highest BCUT2D eigenvalue weighted by Crippen LogP contribution is 2.33. The monoisotopic (exact) mass is 314 g/mol. The number of para-hydroxylation sites is 1. The Morgan fingerprint density at radius 3 is 2.42 bits per heavy atom. The number of nitrogens with one attached hydrogen (secondary N) is 3. The number of rotatable bonds is 4. The van der Waals surface area contributed by atoms with Crippen molar-refractivity contribution in [2.45, 2.75) is 13.0 Å². The van der Waals surface area contributed by atoms with Crippen molar-refractivity contribution >= 4 is 16.7 Å². The van der Waals surface area contributed by atoms with Crippen LogP contribution >= 0.6 is 0 Å². The van der Waals surface area contributed by atoms with Crippen molar-refractivity contribution in [2.75, 3.05) is 5.32 Å². The molecule has 118 valence electrons. The van der Waals surface area contributed by atoms with Gasteiger partial charge in [-0.1, -0.05) is 54.6 Å². The van der Waals surface area contributed by atoms with E-state index in [0.29, 0.717) is 0 Å². The molecular formula is C21H20N3+. The first-order valence-corrected chi connectivity index (χ1v) is 8.18. The van der Waals surface area contributed by atoms with E-state index in [1.54, 1.807) is 0 Å². The van der Waals surface area contributed by atoms with Gasteiger partial charge in [-0.05, 0) is 19.1 Å². The van der Waals surface area contributed by atoms with E-state index in [1.165, 1.54) is 27.7 Å². The van der Waals surface area contributed by atoms with Gasteiger partial charge in [0.15, 0.2) is 0 Å². The standard InChI is InChI=1S/C21H19N3/c1-15-20(17-11-5-6-12-18(17)23-15)21(16-9-3-2-4-10-16)24-19-13-7-8-14-22-19/h2-14,21,23H,1H3,(H,22,24)/p+1. The maximum Gasteiger partial charge on any atom is 0.272 e. The van der Waals surface area contributed by atoms with E-state index in [9.17, 15) is 0 Å². The molecule has 0 spiro atoms. The number of hydrogen-bond acceptors (Lipinski definition) is 1. The first-order valence-electron chi connectivity index (χ1n) is 8.18. The summed E-state index contributed by atoms with van der Waals surface area (Å²) >= 11 is 0. The Morgan fingerprint density at radius 2 is 1.62 bits per heavy atom. The third-order valence-corrected chi connectivity index (χ3v) is 4.37. The zero-order valence-corrected chi connectivity index (χ0v) is 13.6. The summed E-state index contributed by atoms with van der Waals surface area (Å²) in [5.74, 6) is 0.996. The largest absolute Gasteiger partial charge is 0.358 e. The molecule has 0 radical (unpaired) electrons. The summed E-state index contributed by atoms with van der Waals surface area (Å²) in [6.45, 7) is 2.14. The van der Waals surface area contributed by atoms with Crippen LogP contribution in [0.4, 0.5) is 5.82 Å². The number of pyridine rings is 1. The minimum absolute atomic E-state index is 0.0704. The molecule has 0 aliphatic rings. The number of benzene rings is 2. The van der Waals surface area contributed by atoms with E-state index in [2.05, 4.69) is 82.9 Å². The summed E-state index contributed by atoms with van der Waals surface area (Å²) in [5, 5.41) is 4.91. The van der Waals surface area contributed by atoms with Crippen LogP contribution in [0.2, 0.25) is 0 Å². The van der Waals surface area contributed by atoms with Gasteiger partial charge in [0.1, 0.15) is 6.04 Å². The van der Waals surface area contributed by atoms with E-state index in [-0.39, 0.29) is 6.04 Å². The van der Waals surface area contributed by atoms with Gasteiger partial charge < -0.3 is 4.98 Å². The molecule has 0 saturated heterocycles. The Hall–Kier alpha value is -3.07. The second kappa shape index (κ2) is 6.20. The van der Waals surface area contributed by atoms with Crippen molar-refractivity contribution in [1.29, 1.82) is 0 Å². The SMILES string of the molecule is Cc1[nH]c2ccccc2c1C(Nc1cccc[nH+]1)c1ccccc1. The summed E-state index contributed by atoms with van der Waals surface area (Å²) in [6.07, 6.45) is 1.94. The second-order valence-electron chi connectivity index (χ2n) is 5.97. The van der Waals surface area contributed by atoms with E-state index < -0.39 is 0 Å². The summed E-state index contributed by atoms with van der Waals surface area (Å²) < 4.78 is 0. The Morgan fingerprint density at radius 1 is 0.875 bits per heavy atom. The molecule has 2 heterocycles. The van der Waals surface area contributed by atoms with Crippen molar-refractivity contribution < 1.29 is 4.98 Å². The molecule has 2 aromatic heterocycles. The molecule has 0 fully saturated rings. The third-order valence-electron chi connectivity index (χ3n) is 4.37. The Balaban J connectivity index is 1.87. The topological polar surface area (TPSA) is 42.0 Å². The molecule has 0 amide bonds. The molecule has 0 aliphatic heterocycles. The number of hydrogen-bond donors (Lipinski definition) is 2. The van der Waals surface area contributed by atoms with Gasteiger partial charge >= 0.3 is 0 Å². The van der Waals surface area contributed by atoms with Gasteiger partial charge in [0, 0.05) is 33.8 Å². The highest BCUT2D eigenvalue weighted by Gasteiger charge is 2.24. The molecule has 1 atom stereocenters. The zero-order chi connectivity index (χ0) is 16.4. The summed E-state index contributed by atoms with van der Waals surface area (Å²) in [5.41, 5.74) is 4.88. The Kier molecular flexibility index (Phi) is 3.75. The maximum absolute atomic E-state index is 3.66. The highest BCUT2D eigenvalue weighted by molar-refractivity contribution is 5.86. The third kappa shape index (κ3) is 2.65. The lowest BCUT2D eigenvalue weighted by Gasteiger charge is -2.16. The van der Waals surface area contributed by atoms with Crippen LogP contribution in [0.3, 0.4) is 0 Å². The molecule has 4 rings (SSSR count). The number of aromatic amines is 2. The van der Waals surface area contributed by atoms with Crippen LogP contribution in [0.1, 0.15) is 22.9 Å². The fourth-order valence-corrected chi connectivity index (χ4v) is 3.28. The first-order chi connectivity index (χ1) is 11.8. The molecule has 0 saturated carbocycles. The molecule has 0 aliphatic carbocycles. The molecular weight excluding hydrogens is 294 g/mol. The maximum atomic E-state index is 3.66. The zero-order valence-electron chi connectivity index (χ0n) is 13.6. The van der Waals surface area contributed by atoms with E-state index in [4.69, 9.17) is 0 Å². The van der Waals surface area contributed by atoms with Crippen LogP contribution in [0.5, 0.6) is 0 Å². The molecule has 3 nitrogen and oxygen atoms in total. The smallest absolute Gasteiger partial charge is 0.272 e. The Bertz CT molecular complexity index is 943. The minimum atomic E-state index is 0.0704. The highest BCUT2D eigenvalue weighted by atomic mass is 15.0. The normalized spacial score (nSPS) is 12.2. The summed E-state index contributed by atoms with van der Waals surface area (Å²) in [6, 6.07) is 25.2. The van der Waals surface area contributed by atoms with Crippen molar-refractivity contribution in [3.63, 3.8) is 0 Å². The lowest BCUT2D eigenvalue weighted by molar-refractivity contribution is -0.361. The lowest BCUT2D eigenvalue weighted by atomic mass is 9.96. The average Bonchev–Trinajstić information content (AvgIpc) is 2.97. The number of H-pyrrole nitrogens is 2. The van der Waals surface area contributed by atoms with Crippen molar-refractivity contribution in [3.8, 4) is 0 Å². The van der Waals surface area contributed by atoms with Crippen molar-refractivity contribution in [1.82, 2.24) is 4.98 Å². The predicted octanol–water partition coefficient (Wildman–Crippen LogP) is 4.49. The van der Waals surface area contributed by atoms with Gasteiger partial charge in [0.2, 0.25) is 0 Å². The van der Waals surface area contributed by atoms with Crippen LogP contribution in [0, 0.1) is 6.92 Å². The summed E-state index contributed by atoms with van der Waals surface area (Å²) in [4.78, 5) is 6.79. The molecule has 4 aromatic rings. The van der Waals surface area contributed by atoms with Crippen LogP contribution in [0.15, 0.2) is 79.0 Å². The fraction of sp³-hybridized carbons (Fsp3) is 0.0952. The summed E-state index contributed by atoms with van der Waals surface area (Å²) in [7, 11) is 0. The second-order valence-corrected chi connectivity index (χ2v) is 5.97. The molecule has 1 unspecified atom stereocenters. The van der Waals surface area contributed by atoms with Gasteiger partial charge in [-0.15, -0.1) is 0 Å². The number of aryl methyl sites for hydroxylation is 1. The first kappa shape index (κ1) is 14.5. The van der Waals surface area contributed by atoms with Crippen LogP contribution in [-0.4, -0.2) is 4.98 Å². The molecule has 2 aromatic carbocycles.